The lowest BCUT2D eigenvalue weighted by molar-refractivity contribution is -0.105. The number of hydrogen-bond acceptors (Lipinski definition) is 2. The lowest BCUT2D eigenvalue weighted by Gasteiger charge is -2.26. The summed E-state index contributed by atoms with van der Waals surface area (Å²) in [7, 11) is 0. The number of unbranched alkanes of at least 4 members (excludes halogenated alkanes) is 1. The van der Waals surface area contributed by atoms with E-state index in [2.05, 4.69) is 6.92 Å². The third-order valence-corrected chi connectivity index (χ3v) is 3.69. The molecule has 88 valence electrons. The van der Waals surface area contributed by atoms with Crippen LogP contribution in [0.3, 0.4) is 0 Å². The van der Waals surface area contributed by atoms with Gasteiger partial charge in [-0.05, 0) is 19.3 Å². The van der Waals surface area contributed by atoms with E-state index < -0.39 is 0 Å². The molecule has 1 heterocycles. The van der Waals surface area contributed by atoms with Gasteiger partial charge in [-0.1, -0.05) is 39.0 Å². The van der Waals surface area contributed by atoms with Gasteiger partial charge in [0.2, 0.25) is 0 Å². The van der Waals surface area contributed by atoms with E-state index in [0.717, 1.165) is 6.61 Å². The predicted molar refractivity (Wildman–Crippen MR) is 60.7 cm³/mol. The summed E-state index contributed by atoms with van der Waals surface area (Å²) >= 11 is 0. The highest BCUT2D eigenvalue weighted by molar-refractivity contribution is 4.74. The summed E-state index contributed by atoms with van der Waals surface area (Å²) in [6.07, 6.45) is 11.0. The molecule has 2 rings (SSSR count). The van der Waals surface area contributed by atoms with Gasteiger partial charge in [0.25, 0.3) is 0 Å². The normalized spacial score (nSPS) is 33.4. The predicted octanol–water partition coefficient (Wildman–Crippen LogP) is 3.50. The van der Waals surface area contributed by atoms with Crippen molar-refractivity contribution in [2.75, 3.05) is 6.61 Å². The molecule has 2 unspecified atom stereocenters. The van der Waals surface area contributed by atoms with Crippen molar-refractivity contribution in [3.63, 3.8) is 0 Å². The third-order valence-electron chi connectivity index (χ3n) is 3.69. The zero-order chi connectivity index (χ0) is 10.5. The van der Waals surface area contributed by atoms with Gasteiger partial charge < -0.3 is 9.47 Å². The second-order valence-electron chi connectivity index (χ2n) is 5.00. The largest absolute Gasteiger partial charge is 0.350 e. The van der Waals surface area contributed by atoms with Crippen LogP contribution in [0.5, 0.6) is 0 Å². The van der Waals surface area contributed by atoms with Gasteiger partial charge in [0, 0.05) is 5.92 Å². The van der Waals surface area contributed by atoms with Crippen LogP contribution in [0.1, 0.15) is 58.3 Å². The lowest BCUT2D eigenvalue weighted by atomic mass is 9.89. The van der Waals surface area contributed by atoms with Crippen molar-refractivity contribution in [1.29, 1.82) is 0 Å². The van der Waals surface area contributed by atoms with Gasteiger partial charge in [0.05, 0.1) is 12.7 Å². The Morgan fingerprint density at radius 1 is 1.13 bits per heavy atom. The van der Waals surface area contributed by atoms with Gasteiger partial charge in [-0.25, -0.2) is 0 Å². The minimum Gasteiger partial charge on any atom is -0.350 e. The van der Waals surface area contributed by atoms with Gasteiger partial charge >= 0.3 is 0 Å². The maximum atomic E-state index is 5.98. The van der Waals surface area contributed by atoms with E-state index in [1.165, 1.54) is 51.4 Å². The zero-order valence-electron chi connectivity index (χ0n) is 9.91. The summed E-state index contributed by atoms with van der Waals surface area (Å²) < 4.78 is 11.8. The molecule has 0 aromatic carbocycles. The molecule has 15 heavy (non-hydrogen) atoms. The van der Waals surface area contributed by atoms with Crippen molar-refractivity contribution in [3.05, 3.63) is 0 Å². The summed E-state index contributed by atoms with van der Waals surface area (Å²) in [5, 5.41) is 0. The van der Waals surface area contributed by atoms with Crippen molar-refractivity contribution in [1.82, 2.24) is 0 Å². The van der Waals surface area contributed by atoms with E-state index in [9.17, 15) is 0 Å². The minimum absolute atomic E-state index is 0.132. The van der Waals surface area contributed by atoms with Gasteiger partial charge in [-0.2, -0.15) is 0 Å². The molecular formula is C13H24O2. The van der Waals surface area contributed by atoms with Crippen LogP contribution in [0.25, 0.3) is 0 Å². The van der Waals surface area contributed by atoms with E-state index >= 15 is 0 Å². The first kappa shape index (κ1) is 11.4. The Bertz CT molecular complexity index is 175. The molecule has 2 heteroatoms. The van der Waals surface area contributed by atoms with Crippen molar-refractivity contribution in [2.45, 2.75) is 70.7 Å². The van der Waals surface area contributed by atoms with E-state index in [1.807, 2.05) is 0 Å². The molecule has 0 bridgehead atoms. The van der Waals surface area contributed by atoms with Crippen molar-refractivity contribution in [3.8, 4) is 0 Å². The van der Waals surface area contributed by atoms with Crippen molar-refractivity contribution >= 4 is 0 Å². The second-order valence-corrected chi connectivity index (χ2v) is 5.00. The highest BCUT2D eigenvalue weighted by Gasteiger charge is 2.32. The minimum atomic E-state index is 0.132. The average molecular weight is 212 g/mol. The molecule has 2 aliphatic rings. The Hall–Kier alpha value is -0.0800. The zero-order valence-corrected chi connectivity index (χ0v) is 9.91. The highest BCUT2D eigenvalue weighted by Crippen LogP contribution is 2.32. The molecule has 0 aromatic heterocycles. The Kier molecular flexibility index (Phi) is 4.45. The smallest absolute Gasteiger partial charge is 0.160 e. The SMILES string of the molecule is CCCCC1COC(C2CCCCC2)O1. The van der Waals surface area contributed by atoms with E-state index in [1.54, 1.807) is 0 Å². The molecular weight excluding hydrogens is 188 g/mol. The first-order valence-corrected chi connectivity index (χ1v) is 6.67. The van der Waals surface area contributed by atoms with E-state index in [4.69, 9.17) is 9.47 Å². The molecule has 0 amide bonds. The van der Waals surface area contributed by atoms with Crippen LogP contribution in [-0.2, 0) is 9.47 Å². The molecule has 1 aliphatic heterocycles. The summed E-state index contributed by atoms with van der Waals surface area (Å²) in [6.45, 7) is 3.07. The van der Waals surface area contributed by atoms with E-state index in [-0.39, 0.29) is 6.29 Å². The van der Waals surface area contributed by atoms with Gasteiger partial charge in [-0.3, -0.25) is 0 Å². The Labute approximate surface area is 93.3 Å². The lowest BCUT2D eigenvalue weighted by Crippen LogP contribution is -2.24. The maximum absolute atomic E-state index is 5.98. The molecule has 1 saturated carbocycles. The molecule has 0 N–H and O–H groups in total. The summed E-state index contributed by atoms with van der Waals surface area (Å²) in [6, 6.07) is 0. The molecule has 2 atom stereocenters. The van der Waals surface area contributed by atoms with Crippen LogP contribution < -0.4 is 0 Å². The fraction of sp³-hybridized carbons (Fsp3) is 1.00. The Balaban J connectivity index is 1.71. The van der Waals surface area contributed by atoms with Gasteiger partial charge in [0.1, 0.15) is 0 Å². The van der Waals surface area contributed by atoms with Crippen LogP contribution >= 0.6 is 0 Å². The number of hydrogen-bond donors (Lipinski definition) is 0. The molecule has 0 spiro atoms. The second kappa shape index (κ2) is 5.86. The molecule has 2 nitrogen and oxygen atoms in total. The molecule has 0 radical (unpaired) electrons. The third kappa shape index (κ3) is 3.18. The maximum Gasteiger partial charge on any atom is 0.160 e. The van der Waals surface area contributed by atoms with Gasteiger partial charge in [0.15, 0.2) is 6.29 Å². The Morgan fingerprint density at radius 3 is 2.67 bits per heavy atom. The van der Waals surface area contributed by atoms with Crippen LogP contribution in [0.2, 0.25) is 0 Å². The van der Waals surface area contributed by atoms with Gasteiger partial charge in [-0.15, -0.1) is 0 Å². The monoisotopic (exact) mass is 212 g/mol. The van der Waals surface area contributed by atoms with Crippen molar-refractivity contribution < 1.29 is 9.47 Å². The number of rotatable bonds is 4. The van der Waals surface area contributed by atoms with Crippen LogP contribution in [-0.4, -0.2) is 19.0 Å². The van der Waals surface area contributed by atoms with E-state index in [0.29, 0.717) is 12.0 Å². The molecule has 0 aromatic rings. The average Bonchev–Trinajstić information content (AvgIpc) is 2.76. The highest BCUT2D eigenvalue weighted by atomic mass is 16.7. The molecule has 1 aliphatic carbocycles. The van der Waals surface area contributed by atoms with Crippen LogP contribution in [0.15, 0.2) is 0 Å². The fourth-order valence-electron chi connectivity index (χ4n) is 2.71. The fourth-order valence-corrected chi connectivity index (χ4v) is 2.71. The van der Waals surface area contributed by atoms with Crippen LogP contribution in [0, 0.1) is 5.92 Å². The standard InChI is InChI=1S/C13H24O2/c1-2-3-9-12-10-14-13(15-12)11-7-5-4-6-8-11/h11-13H,2-10H2,1H3. The molecule has 1 saturated heterocycles. The molecule has 2 fully saturated rings. The van der Waals surface area contributed by atoms with Crippen LogP contribution in [0.4, 0.5) is 0 Å². The topological polar surface area (TPSA) is 18.5 Å². The summed E-state index contributed by atoms with van der Waals surface area (Å²) in [4.78, 5) is 0. The summed E-state index contributed by atoms with van der Waals surface area (Å²) in [5.74, 6) is 0.686. The summed E-state index contributed by atoms with van der Waals surface area (Å²) in [5.41, 5.74) is 0. The number of ether oxygens (including phenoxy) is 2. The first-order valence-electron chi connectivity index (χ1n) is 6.67. The Morgan fingerprint density at radius 2 is 1.93 bits per heavy atom. The van der Waals surface area contributed by atoms with Crippen molar-refractivity contribution in [2.24, 2.45) is 5.92 Å². The quantitative estimate of drug-likeness (QED) is 0.710. The first-order chi connectivity index (χ1) is 7.40.